The lowest BCUT2D eigenvalue weighted by Gasteiger charge is -2.21. The molecule has 1 aromatic rings. The predicted octanol–water partition coefficient (Wildman–Crippen LogP) is 3.25. The molecular weight excluding hydrogens is 214 g/mol. The van der Waals surface area contributed by atoms with Crippen LogP contribution in [0, 0.1) is 0 Å². The largest absolute Gasteiger partial charge is 0.446 e. The van der Waals surface area contributed by atoms with Crippen LogP contribution in [0.3, 0.4) is 0 Å². The van der Waals surface area contributed by atoms with Crippen molar-refractivity contribution < 1.29 is 9.53 Å². The Labute approximate surface area is 102 Å². The van der Waals surface area contributed by atoms with Crippen molar-refractivity contribution in [2.45, 2.75) is 44.8 Å². The fraction of sp³-hybridized carbons (Fsp3) is 0.500. The van der Waals surface area contributed by atoms with Crippen LogP contribution in [-0.4, -0.2) is 12.2 Å². The van der Waals surface area contributed by atoms with Gasteiger partial charge >= 0.3 is 6.09 Å². The number of nitrogens with one attached hydrogen (secondary N) is 1. The van der Waals surface area contributed by atoms with Crippen LogP contribution < -0.4 is 5.32 Å². The summed E-state index contributed by atoms with van der Waals surface area (Å²) in [6.45, 7) is 0.534. The second-order valence-corrected chi connectivity index (χ2v) is 4.50. The van der Waals surface area contributed by atoms with Crippen molar-refractivity contribution in [3.63, 3.8) is 0 Å². The number of benzene rings is 1. The van der Waals surface area contributed by atoms with Crippen LogP contribution in [0.1, 0.15) is 37.7 Å². The minimum absolute atomic E-state index is 0.125. The zero-order valence-electron chi connectivity index (χ0n) is 10.0. The van der Waals surface area contributed by atoms with Gasteiger partial charge in [0.25, 0.3) is 0 Å². The van der Waals surface area contributed by atoms with Gasteiger partial charge < -0.3 is 10.1 Å². The van der Waals surface area contributed by atoms with Gasteiger partial charge in [-0.25, -0.2) is 4.79 Å². The van der Waals surface area contributed by atoms with Gasteiger partial charge in [-0.05, 0) is 31.2 Å². The summed E-state index contributed by atoms with van der Waals surface area (Å²) in [6.07, 6.45) is 5.48. The number of amides is 1. The second kappa shape index (κ2) is 6.28. The molecule has 0 spiro atoms. The molecule has 1 fully saturated rings. The fourth-order valence-electron chi connectivity index (χ4n) is 2.15. The number of alkyl carbamates (subject to hydrolysis) is 1. The maximum absolute atomic E-state index is 11.6. The first kappa shape index (κ1) is 12.0. The molecule has 1 aliphatic carbocycles. The maximum Gasteiger partial charge on any atom is 0.407 e. The summed E-state index contributed by atoms with van der Waals surface area (Å²) in [5, 5.41) is 2.79. The van der Waals surface area contributed by atoms with E-state index in [0.717, 1.165) is 18.4 Å². The van der Waals surface area contributed by atoms with E-state index in [1.807, 2.05) is 30.3 Å². The van der Waals surface area contributed by atoms with Crippen LogP contribution in [0.5, 0.6) is 0 Å². The van der Waals surface area contributed by atoms with Crippen molar-refractivity contribution in [3.05, 3.63) is 35.9 Å². The molecule has 0 saturated heterocycles. The Hall–Kier alpha value is -1.51. The summed E-state index contributed by atoms with van der Waals surface area (Å²) in [4.78, 5) is 11.6. The van der Waals surface area contributed by atoms with Gasteiger partial charge in [0.1, 0.15) is 6.10 Å². The van der Waals surface area contributed by atoms with Crippen LogP contribution in [0.2, 0.25) is 0 Å². The molecule has 0 unspecified atom stereocenters. The summed E-state index contributed by atoms with van der Waals surface area (Å²) in [6, 6.07) is 9.86. The quantitative estimate of drug-likeness (QED) is 0.870. The van der Waals surface area contributed by atoms with Gasteiger partial charge in [-0.1, -0.05) is 36.8 Å². The predicted molar refractivity (Wildman–Crippen MR) is 66.6 cm³/mol. The molecule has 0 aliphatic heterocycles. The van der Waals surface area contributed by atoms with Gasteiger partial charge in [0.15, 0.2) is 0 Å². The van der Waals surface area contributed by atoms with E-state index in [4.69, 9.17) is 4.74 Å². The summed E-state index contributed by atoms with van der Waals surface area (Å²) in [5.41, 5.74) is 1.09. The Morgan fingerprint density at radius 1 is 1.18 bits per heavy atom. The third kappa shape index (κ3) is 4.10. The summed E-state index contributed by atoms with van der Waals surface area (Å²) in [7, 11) is 0. The number of ether oxygens (including phenoxy) is 1. The molecule has 0 aromatic heterocycles. The molecule has 3 nitrogen and oxygen atoms in total. The van der Waals surface area contributed by atoms with Crippen molar-refractivity contribution in [2.75, 3.05) is 0 Å². The highest BCUT2D eigenvalue weighted by Gasteiger charge is 2.17. The van der Waals surface area contributed by atoms with Crippen LogP contribution in [0.4, 0.5) is 4.79 Å². The molecule has 17 heavy (non-hydrogen) atoms. The molecular formula is C14H19NO2. The summed E-state index contributed by atoms with van der Waals surface area (Å²) in [5.74, 6) is 0. The number of hydrogen-bond acceptors (Lipinski definition) is 2. The monoisotopic (exact) mass is 233 g/mol. The van der Waals surface area contributed by atoms with Crippen molar-refractivity contribution in [2.24, 2.45) is 0 Å². The highest BCUT2D eigenvalue weighted by molar-refractivity contribution is 5.67. The van der Waals surface area contributed by atoms with Crippen molar-refractivity contribution in [1.82, 2.24) is 5.32 Å². The smallest absolute Gasteiger partial charge is 0.407 e. The highest BCUT2D eigenvalue weighted by atomic mass is 16.6. The first-order valence-electron chi connectivity index (χ1n) is 6.33. The molecule has 0 bridgehead atoms. The van der Waals surface area contributed by atoms with E-state index in [2.05, 4.69) is 5.32 Å². The second-order valence-electron chi connectivity index (χ2n) is 4.50. The number of carbonyl (C=O) groups excluding carboxylic acids is 1. The summed E-state index contributed by atoms with van der Waals surface area (Å²) < 4.78 is 5.36. The van der Waals surface area contributed by atoms with Gasteiger partial charge in [-0.2, -0.15) is 0 Å². The van der Waals surface area contributed by atoms with Crippen molar-refractivity contribution in [3.8, 4) is 0 Å². The van der Waals surface area contributed by atoms with Crippen molar-refractivity contribution in [1.29, 1.82) is 0 Å². The Bertz CT molecular complexity index is 344. The van der Waals surface area contributed by atoms with Gasteiger partial charge in [-0.15, -0.1) is 0 Å². The van der Waals surface area contributed by atoms with Gasteiger partial charge in [-0.3, -0.25) is 0 Å². The molecule has 2 rings (SSSR count). The minimum atomic E-state index is -0.291. The number of carbonyl (C=O) groups is 1. The molecule has 92 valence electrons. The van der Waals surface area contributed by atoms with Crippen molar-refractivity contribution >= 4 is 6.09 Å². The van der Waals surface area contributed by atoms with E-state index in [9.17, 15) is 4.79 Å². The van der Waals surface area contributed by atoms with E-state index >= 15 is 0 Å². The molecule has 3 heteroatoms. The van der Waals surface area contributed by atoms with E-state index in [0.29, 0.717) is 6.54 Å². The average Bonchev–Trinajstić information content (AvgIpc) is 2.39. The fourth-order valence-corrected chi connectivity index (χ4v) is 2.15. The highest BCUT2D eigenvalue weighted by Crippen LogP contribution is 2.20. The van der Waals surface area contributed by atoms with E-state index in [-0.39, 0.29) is 12.2 Å². The lowest BCUT2D eigenvalue weighted by molar-refractivity contribution is 0.0750. The zero-order valence-corrected chi connectivity index (χ0v) is 10.0. The third-order valence-corrected chi connectivity index (χ3v) is 3.11. The van der Waals surface area contributed by atoms with Crippen LogP contribution in [-0.2, 0) is 11.3 Å². The zero-order chi connectivity index (χ0) is 11.9. The van der Waals surface area contributed by atoms with Gasteiger partial charge in [0, 0.05) is 6.54 Å². The Kier molecular flexibility index (Phi) is 4.42. The lowest BCUT2D eigenvalue weighted by Crippen LogP contribution is -2.29. The van der Waals surface area contributed by atoms with E-state index < -0.39 is 0 Å². The van der Waals surface area contributed by atoms with Gasteiger partial charge in [0.2, 0.25) is 0 Å². The molecule has 1 N–H and O–H groups in total. The van der Waals surface area contributed by atoms with Crippen LogP contribution in [0.25, 0.3) is 0 Å². The standard InChI is InChI=1S/C14H19NO2/c16-14(17-13-9-5-2-6-10-13)15-11-12-7-3-1-4-8-12/h1,3-4,7-8,13H,2,5-6,9-11H2,(H,15,16). The van der Waals surface area contributed by atoms with E-state index in [1.165, 1.54) is 19.3 Å². The van der Waals surface area contributed by atoms with Gasteiger partial charge in [0.05, 0.1) is 0 Å². The Balaban J connectivity index is 1.70. The minimum Gasteiger partial charge on any atom is -0.446 e. The maximum atomic E-state index is 11.6. The molecule has 1 amide bonds. The average molecular weight is 233 g/mol. The van der Waals surface area contributed by atoms with Crippen LogP contribution >= 0.6 is 0 Å². The summed E-state index contributed by atoms with van der Waals surface area (Å²) >= 11 is 0. The first-order valence-corrected chi connectivity index (χ1v) is 6.33. The SMILES string of the molecule is O=C(NCc1ccccc1)OC1CCCCC1. The molecule has 0 heterocycles. The Morgan fingerprint density at radius 3 is 2.59 bits per heavy atom. The number of rotatable bonds is 3. The topological polar surface area (TPSA) is 38.3 Å². The molecule has 1 aliphatic rings. The molecule has 0 atom stereocenters. The normalized spacial score (nSPS) is 16.5. The molecule has 1 saturated carbocycles. The van der Waals surface area contributed by atoms with Crippen LogP contribution in [0.15, 0.2) is 30.3 Å². The first-order chi connectivity index (χ1) is 8.34. The molecule has 1 aromatic carbocycles. The third-order valence-electron chi connectivity index (χ3n) is 3.11. The van der Waals surface area contributed by atoms with E-state index in [1.54, 1.807) is 0 Å². The lowest BCUT2D eigenvalue weighted by atomic mass is 9.98. The Morgan fingerprint density at radius 2 is 1.88 bits per heavy atom. The number of hydrogen-bond donors (Lipinski definition) is 1. The molecule has 0 radical (unpaired) electrons.